The van der Waals surface area contributed by atoms with Gasteiger partial charge in [-0.3, -0.25) is 9.59 Å². The summed E-state index contributed by atoms with van der Waals surface area (Å²) in [5.74, 6) is -0.294. The van der Waals surface area contributed by atoms with Gasteiger partial charge in [-0.25, -0.2) is 9.59 Å². The van der Waals surface area contributed by atoms with Crippen molar-refractivity contribution in [2.45, 2.75) is 152 Å². The number of hydrogen-bond donors (Lipinski definition) is 2. The van der Waals surface area contributed by atoms with E-state index in [1.807, 2.05) is 6.92 Å². The van der Waals surface area contributed by atoms with Crippen LogP contribution >= 0.6 is 0 Å². The number of nitrogens with zero attached hydrogens (tertiary/aromatic N) is 2. The number of Topliss-reactive ketones (excluding diaryl/α,β-unsaturated/α-hetero) is 2. The number of carbonyl (C=O) groups excluding carboxylic acids is 4. The normalized spacial score (nSPS) is 37.3. The molecule has 0 radical (unpaired) electrons. The van der Waals surface area contributed by atoms with Crippen LogP contribution in [0.2, 0.25) is 0 Å². The maximum Gasteiger partial charge on any atom is 0.374 e. The second kappa shape index (κ2) is 18.4. The van der Waals surface area contributed by atoms with E-state index < -0.39 is 23.5 Å². The molecule has 0 aromatic carbocycles. The van der Waals surface area contributed by atoms with Gasteiger partial charge >= 0.3 is 11.9 Å². The Balaban J connectivity index is 0.00000217. The lowest BCUT2D eigenvalue weighted by atomic mass is 9.32. The third-order valence-corrected chi connectivity index (χ3v) is 15.9. The van der Waals surface area contributed by atoms with Crippen LogP contribution in [0.25, 0.3) is 0 Å². The third-order valence-electron chi connectivity index (χ3n) is 15.9. The van der Waals surface area contributed by atoms with Gasteiger partial charge in [0.1, 0.15) is 6.10 Å². The lowest BCUT2D eigenvalue weighted by Crippen LogP contribution is -2.67. The largest absolute Gasteiger partial charge is 0.459 e. The Hall–Kier alpha value is -2.46. The molecule has 0 bridgehead atoms. The van der Waals surface area contributed by atoms with Crippen LogP contribution in [0, 0.1) is 56.7 Å². The molecule has 312 valence electrons. The zero-order valence-corrected chi connectivity index (χ0v) is 36.0. The van der Waals surface area contributed by atoms with Crippen LogP contribution in [0.4, 0.5) is 0 Å². The Kier molecular flexibility index (Phi) is 15.2. The van der Waals surface area contributed by atoms with Gasteiger partial charge in [0.15, 0.2) is 0 Å². The fourth-order valence-corrected chi connectivity index (χ4v) is 13.2. The zero-order valence-electron chi connectivity index (χ0n) is 36.0. The van der Waals surface area contributed by atoms with E-state index in [1.165, 1.54) is 12.0 Å². The number of ether oxygens (including phenoxy) is 2. The average Bonchev–Trinajstić information content (AvgIpc) is 3.53. The van der Waals surface area contributed by atoms with E-state index in [9.17, 15) is 19.2 Å². The number of azo groups is 1. The van der Waals surface area contributed by atoms with Gasteiger partial charge in [0.25, 0.3) is 0 Å². The number of fused-ring (bicyclic) bond motifs is 7. The average molecular weight is 769 g/mol. The highest BCUT2D eigenvalue weighted by Gasteiger charge is 2.71. The number of nitrogens with two attached hydrogens (primary N) is 1. The molecule has 10 atom stereocenters. The molecule has 3 N–H and O–H groups in total. The van der Waals surface area contributed by atoms with Crippen LogP contribution in [-0.4, -0.2) is 68.9 Å². The molecule has 0 aromatic heterocycles. The van der Waals surface area contributed by atoms with Crippen LogP contribution in [0.5, 0.6) is 0 Å². The van der Waals surface area contributed by atoms with Gasteiger partial charge in [0.2, 0.25) is 11.6 Å². The molecule has 5 fully saturated rings. The van der Waals surface area contributed by atoms with Gasteiger partial charge in [-0.1, -0.05) is 67.0 Å². The summed E-state index contributed by atoms with van der Waals surface area (Å²) < 4.78 is 12.0. The molecular formula is C45H76N4O6. The Morgan fingerprint density at radius 1 is 0.782 bits per heavy atom. The van der Waals surface area contributed by atoms with Crippen molar-refractivity contribution in [2.24, 2.45) is 72.6 Å². The van der Waals surface area contributed by atoms with Gasteiger partial charge in [0, 0.05) is 43.3 Å². The Labute approximate surface area is 332 Å². The molecule has 5 aliphatic rings. The summed E-state index contributed by atoms with van der Waals surface area (Å²) in [4.78, 5) is 51.2. The van der Waals surface area contributed by atoms with Crippen LogP contribution in [0.3, 0.4) is 0 Å². The number of nitrogens with one attached hydrogen (secondary N) is 1. The molecule has 0 heterocycles. The van der Waals surface area contributed by atoms with E-state index in [0.29, 0.717) is 62.4 Å². The van der Waals surface area contributed by atoms with Crippen molar-refractivity contribution in [1.82, 2.24) is 5.32 Å². The highest BCUT2D eigenvalue weighted by molar-refractivity contribution is 6.34. The van der Waals surface area contributed by atoms with E-state index >= 15 is 0 Å². The SMILES string of the molecule is C=C(C)C1CCC2(COC(=O)C(=O)CCNCCN)CCC3(C)C(CCC4C5(C)CCC(OC(=O)C(=O)CCN=NCC)C(C)(C)C5CCC43C)C12.CCC. The Bertz CT molecular complexity index is 1430. The van der Waals surface area contributed by atoms with E-state index in [0.717, 1.165) is 64.2 Å². The molecule has 0 aliphatic heterocycles. The van der Waals surface area contributed by atoms with Gasteiger partial charge < -0.3 is 20.5 Å². The molecule has 0 amide bonds. The first-order valence-corrected chi connectivity index (χ1v) is 21.8. The van der Waals surface area contributed by atoms with Gasteiger partial charge in [-0.2, -0.15) is 10.2 Å². The van der Waals surface area contributed by atoms with Crippen molar-refractivity contribution < 1.29 is 28.7 Å². The predicted molar refractivity (Wildman–Crippen MR) is 217 cm³/mol. The minimum atomic E-state index is -0.731. The molecule has 10 heteroatoms. The second-order valence-corrected chi connectivity index (χ2v) is 19.3. The summed E-state index contributed by atoms with van der Waals surface area (Å²) in [6.45, 7) is 27.6. The van der Waals surface area contributed by atoms with Crippen molar-refractivity contribution in [1.29, 1.82) is 0 Å². The van der Waals surface area contributed by atoms with Crippen LogP contribution in [-0.2, 0) is 28.7 Å². The second-order valence-electron chi connectivity index (χ2n) is 19.3. The monoisotopic (exact) mass is 769 g/mol. The van der Waals surface area contributed by atoms with Crippen LogP contribution in [0.15, 0.2) is 22.4 Å². The maximum absolute atomic E-state index is 13.0. The minimum Gasteiger partial charge on any atom is -0.459 e. The van der Waals surface area contributed by atoms with E-state index in [2.05, 4.69) is 77.5 Å². The Morgan fingerprint density at radius 3 is 2.13 bits per heavy atom. The van der Waals surface area contributed by atoms with Crippen molar-refractivity contribution in [3.05, 3.63) is 12.2 Å². The summed E-state index contributed by atoms with van der Waals surface area (Å²) in [5.41, 5.74) is 6.69. The van der Waals surface area contributed by atoms with Crippen LogP contribution < -0.4 is 11.1 Å². The van der Waals surface area contributed by atoms with E-state index in [-0.39, 0.29) is 52.6 Å². The number of hydrogen-bond acceptors (Lipinski definition) is 10. The van der Waals surface area contributed by atoms with Crippen LogP contribution in [0.1, 0.15) is 146 Å². The summed E-state index contributed by atoms with van der Waals surface area (Å²) >= 11 is 0. The Morgan fingerprint density at radius 2 is 1.47 bits per heavy atom. The fourth-order valence-electron chi connectivity index (χ4n) is 13.2. The van der Waals surface area contributed by atoms with E-state index in [1.54, 1.807) is 0 Å². The predicted octanol–water partition coefficient (Wildman–Crippen LogP) is 8.45. The van der Waals surface area contributed by atoms with Gasteiger partial charge in [0.05, 0.1) is 19.7 Å². The zero-order chi connectivity index (χ0) is 40.8. The first kappa shape index (κ1) is 45.2. The van der Waals surface area contributed by atoms with Gasteiger partial charge in [-0.05, 0) is 124 Å². The minimum absolute atomic E-state index is 0.0270. The molecule has 5 rings (SSSR count). The molecule has 5 aliphatic carbocycles. The smallest absolute Gasteiger partial charge is 0.374 e. The molecular weight excluding hydrogens is 693 g/mol. The number of ketones is 2. The summed E-state index contributed by atoms with van der Waals surface area (Å²) in [6, 6.07) is 0. The highest BCUT2D eigenvalue weighted by atomic mass is 16.6. The topological polar surface area (TPSA) is 150 Å². The molecule has 0 aromatic rings. The molecule has 5 saturated carbocycles. The number of carbonyl (C=O) groups is 4. The third kappa shape index (κ3) is 8.71. The molecule has 0 saturated heterocycles. The standard InChI is InChI=1S/C42H68N4O6.C3H8/c1-9-45-46-24-16-31(48)37(50)52-34-14-17-39(6)32(38(34,4)5)13-18-41(8)33(39)11-10-29-35-28(27(2)3)12-19-42(35,21-20-40(29,41)7)26-51-36(49)30(47)15-23-44-25-22-43;1-3-2/h28-29,32-35,44H,2,9-26,43H2,1,3-8H3;3H2,1-2H3. The quantitative estimate of drug-likeness (QED) is 0.0554. The summed E-state index contributed by atoms with van der Waals surface area (Å²) in [7, 11) is 0. The van der Waals surface area contributed by atoms with Crippen molar-refractivity contribution in [3.8, 4) is 0 Å². The maximum atomic E-state index is 13.0. The van der Waals surface area contributed by atoms with Gasteiger partial charge in [-0.15, -0.1) is 0 Å². The van der Waals surface area contributed by atoms with Crippen molar-refractivity contribution in [3.63, 3.8) is 0 Å². The number of esters is 2. The molecule has 55 heavy (non-hydrogen) atoms. The summed E-state index contributed by atoms with van der Waals surface area (Å²) in [6.07, 6.45) is 11.5. The number of allylic oxidation sites excluding steroid dienone is 1. The first-order chi connectivity index (χ1) is 25.9. The molecule has 10 unspecified atom stereocenters. The first-order valence-electron chi connectivity index (χ1n) is 21.8. The lowest BCUT2D eigenvalue weighted by Gasteiger charge is -2.73. The van der Waals surface area contributed by atoms with E-state index in [4.69, 9.17) is 15.2 Å². The number of rotatable bonds is 15. The summed E-state index contributed by atoms with van der Waals surface area (Å²) in [5, 5.41) is 11.0. The lowest BCUT2D eigenvalue weighted by molar-refractivity contribution is -0.251. The molecule has 0 spiro atoms. The molecule has 10 nitrogen and oxygen atoms in total. The van der Waals surface area contributed by atoms with Crippen molar-refractivity contribution >= 4 is 23.5 Å². The highest BCUT2D eigenvalue weighted by Crippen LogP contribution is 2.77. The fraction of sp³-hybridized carbons (Fsp3) is 0.867. The van der Waals surface area contributed by atoms with Crippen molar-refractivity contribution in [2.75, 3.05) is 39.3 Å².